The maximum Gasteiger partial charge on any atom is 0.138 e. The zero-order chi connectivity index (χ0) is 13.9. The Morgan fingerprint density at radius 2 is 2.05 bits per heavy atom. The monoisotopic (exact) mass is 267 g/mol. The number of hydrogen-bond acceptors (Lipinski definition) is 3. The summed E-state index contributed by atoms with van der Waals surface area (Å²) < 4.78 is 7.93. The summed E-state index contributed by atoms with van der Waals surface area (Å²) in [4.78, 5) is 8.56. The first kappa shape index (κ1) is 12.7. The van der Waals surface area contributed by atoms with Crippen molar-refractivity contribution in [3.63, 3.8) is 0 Å². The summed E-state index contributed by atoms with van der Waals surface area (Å²) in [5.41, 5.74) is 2.04. The molecule has 20 heavy (non-hydrogen) atoms. The number of rotatable bonds is 4. The summed E-state index contributed by atoms with van der Waals surface area (Å²) in [7, 11) is 0. The highest BCUT2D eigenvalue weighted by Gasteiger charge is 2.06. The molecule has 0 radical (unpaired) electrons. The zero-order valence-corrected chi connectivity index (χ0v) is 11.7. The van der Waals surface area contributed by atoms with Crippen molar-refractivity contribution < 1.29 is 4.74 Å². The molecule has 0 bridgehead atoms. The fourth-order valence-corrected chi connectivity index (χ4v) is 2.20. The van der Waals surface area contributed by atoms with Gasteiger partial charge in [0.05, 0.1) is 29.9 Å². The van der Waals surface area contributed by atoms with E-state index >= 15 is 0 Å². The van der Waals surface area contributed by atoms with Gasteiger partial charge in [0.15, 0.2) is 0 Å². The Hall–Kier alpha value is -2.36. The van der Waals surface area contributed by atoms with Crippen molar-refractivity contribution in [2.45, 2.75) is 26.5 Å². The molecule has 0 aliphatic rings. The van der Waals surface area contributed by atoms with Crippen LogP contribution < -0.4 is 4.74 Å². The molecule has 0 aliphatic heterocycles. The van der Waals surface area contributed by atoms with Crippen molar-refractivity contribution >= 4 is 10.9 Å². The van der Waals surface area contributed by atoms with Gasteiger partial charge in [0.25, 0.3) is 0 Å². The molecule has 2 heterocycles. The average Bonchev–Trinajstić information content (AvgIpc) is 2.93. The molecule has 0 saturated heterocycles. The van der Waals surface area contributed by atoms with Gasteiger partial charge < -0.3 is 9.30 Å². The van der Waals surface area contributed by atoms with Gasteiger partial charge in [-0.05, 0) is 26.0 Å². The van der Waals surface area contributed by atoms with Crippen LogP contribution in [-0.4, -0.2) is 14.5 Å². The van der Waals surface area contributed by atoms with Crippen LogP contribution in [0.3, 0.4) is 0 Å². The maximum atomic E-state index is 5.83. The number of benzene rings is 1. The predicted octanol–water partition coefficient (Wildman–Crippen LogP) is 3.59. The standard InChI is InChI=1S/C16H17N3O/c1-12(2)19-11-17-8-14(19)10-20-15-7-13-5-3-4-6-16(13)18-9-15/h3-9,11-12H,10H2,1-2H3. The molecule has 4 nitrogen and oxygen atoms in total. The number of imidazole rings is 1. The van der Waals surface area contributed by atoms with Crippen LogP contribution in [0.25, 0.3) is 10.9 Å². The van der Waals surface area contributed by atoms with E-state index < -0.39 is 0 Å². The van der Waals surface area contributed by atoms with Gasteiger partial charge in [-0.3, -0.25) is 4.98 Å². The summed E-state index contributed by atoms with van der Waals surface area (Å²) in [6, 6.07) is 10.4. The van der Waals surface area contributed by atoms with E-state index in [-0.39, 0.29) is 0 Å². The molecule has 0 aliphatic carbocycles. The molecule has 1 aromatic carbocycles. The van der Waals surface area contributed by atoms with Crippen LogP contribution >= 0.6 is 0 Å². The topological polar surface area (TPSA) is 39.9 Å². The second-order valence-corrected chi connectivity index (χ2v) is 5.04. The smallest absolute Gasteiger partial charge is 0.138 e. The first-order chi connectivity index (χ1) is 9.74. The third kappa shape index (κ3) is 2.50. The summed E-state index contributed by atoms with van der Waals surface area (Å²) >= 11 is 0. The van der Waals surface area contributed by atoms with E-state index in [0.717, 1.165) is 22.3 Å². The Morgan fingerprint density at radius 3 is 2.90 bits per heavy atom. The van der Waals surface area contributed by atoms with Crippen LogP contribution in [0.1, 0.15) is 25.6 Å². The lowest BCUT2D eigenvalue weighted by atomic mass is 10.2. The molecule has 0 saturated carbocycles. The molecule has 0 N–H and O–H groups in total. The van der Waals surface area contributed by atoms with Crippen molar-refractivity contribution in [1.82, 2.24) is 14.5 Å². The Morgan fingerprint density at radius 1 is 1.20 bits per heavy atom. The lowest BCUT2D eigenvalue weighted by Crippen LogP contribution is -2.07. The normalized spacial score (nSPS) is 11.2. The second-order valence-electron chi connectivity index (χ2n) is 5.04. The van der Waals surface area contributed by atoms with Crippen LogP contribution in [0.5, 0.6) is 5.75 Å². The van der Waals surface area contributed by atoms with Gasteiger partial charge in [0.1, 0.15) is 12.4 Å². The third-order valence-electron chi connectivity index (χ3n) is 3.25. The van der Waals surface area contributed by atoms with Crippen molar-refractivity contribution in [2.24, 2.45) is 0 Å². The molecule has 0 atom stereocenters. The van der Waals surface area contributed by atoms with E-state index in [0.29, 0.717) is 12.6 Å². The van der Waals surface area contributed by atoms with Crippen molar-refractivity contribution in [1.29, 1.82) is 0 Å². The van der Waals surface area contributed by atoms with Crippen LogP contribution in [0.2, 0.25) is 0 Å². The molecule has 3 aromatic rings. The largest absolute Gasteiger partial charge is 0.486 e. The highest BCUT2D eigenvalue weighted by molar-refractivity contribution is 5.79. The Kier molecular flexibility index (Phi) is 3.37. The Labute approximate surface area is 118 Å². The molecule has 0 fully saturated rings. The molecule has 102 valence electrons. The minimum atomic E-state index is 0.380. The van der Waals surface area contributed by atoms with Gasteiger partial charge in [-0.25, -0.2) is 4.98 Å². The van der Waals surface area contributed by atoms with Gasteiger partial charge in [0.2, 0.25) is 0 Å². The highest BCUT2D eigenvalue weighted by Crippen LogP contribution is 2.19. The third-order valence-corrected chi connectivity index (χ3v) is 3.25. The molecule has 0 unspecified atom stereocenters. The molecular formula is C16H17N3O. The van der Waals surface area contributed by atoms with Gasteiger partial charge in [-0.1, -0.05) is 18.2 Å². The Balaban J connectivity index is 1.78. The SMILES string of the molecule is CC(C)n1cncc1COc1cnc2ccccc2c1. The molecule has 4 heteroatoms. The first-order valence-corrected chi connectivity index (χ1v) is 6.72. The van der Waals surface area contributed by atoms with Crippen LogP contribution in [0.15, 0.2) is 49.1 Å². The molecule has 3 rings (SSSR count). The van der Waals surface area contributed by atoms with Crippen molar-refractivity contribution in [3.05, 3.63) is 54.7 Å². The van der Waals surface area contributed by atoms with Gasteiger partial charge in [-0.15, -0.1) is 0 Å². The summed E-state index contributed by atoms with van der Waals surface area (Å²) in [6.45, 7) is 4.75. The van der Waals surface area contributed by atoms with E-state index in [4.69, 9.17) is 4.74 Å². The summed E-state index contributed by atoms with van der Waals surface area (Å²) in [5.74, 6) is 0.778. The zero-order valence-electron chi connectivity index (χ0n) is 11.7. The number of nitrogens with zero attached hydrogens (tertiary/aromatic N) is 3. The van der Waals surface area contributed by atoms with Gasteiger partial charge >= 0.3 is 0 Å². The lowest BCUT2D eigenvalue weighted by molar-refractivity contribution is 0.291. The van der Waals surface area contributed by atoms with E-state index in [1.807, 2.05) is 42.9 Å². The molecule has 2 aromatic heterocycles. The van der Waals surface area contributed by atoms with Crippen molar-refractivity contribution in [3.8, 4) is 5.75 Å². The van der Waals surface area contributed by atoms with Gasteiger partial charge in [-0.2, -0.15) is 0 Å². The van der Waals surface area contributed by atoms with Crippen LogP contribution in [0, 0.1) is 0 Å². The number of fused-ring (bicyclic) bond motifs is 1. The number of ether oxygens (including phenoxy) is 1. The predicted molar refractivity (Wildman–Crippen MR) is 78.7 cm³/mol. The minimum Gasteiger partial charge on any atom is -0.486 e. The summed E-state index contributed by atoms with van der Waals surface area (Å²) in [5, 5.41) is 1.09. The van der Waals surface area contributed by atoms with Crippen LogP contribution in [0.4, 0.5) is 0 Å². The summed E-state index contributed by atoms with van der Waals surface area (Å²) in [6.07, 6.45) is 5.44. The van der Waals surface area contributed by atoms with E-state index in [9.17, 15) is 0 Å². The first-order valence-electron chi connectivity index (χ1n) is 6.72. The van der Waals surface area contributed by atoms with Crippen LogP contribution in [-0.2, 0) is 6.61 Å². The van der Waals surface area contributed by atoms with Crippen molar-refractivity contribution in [2.75, 3.05) is 0 Å². The lowest BCUT2D eigenvalue weighted by Gasteiger charge is -2.12. The number of hydrogen-bond donors (Lipinski definition) is 0. The van der Waals surface area contributed by atoms with E-state index in [1.165, 1.54) is 0 Å². The van der Waals surface area contributed by atoms with E-state index in [2.05, 4.69) is 28.4 Å². The Bertz CT molecular complexity index is 718. The molecule has 0 spiro atoms. The number of para-hydroxylation sites is 1. The number of aromatic nitrogens is 3. The average molecular weight is 267 g/mol. The molecular weight excluding hydrogens is 250 g/mol. The molecule has 0 amide bonds. The number of pyridine rings is 1. The van der Waals surface area contributed by atoms with Gasteiger partial charge in [0, 0.05) is 11.4 Å². The highest BCUT2D eigenvalue weighted by atomic mass is 16.5. The minimum absolute atomic E-state index is 0.380. The maximum absolute atomic E-state index is 5.83. The fourth-order valence-electron chi connectivity index (χ4n) is 2.20. The fraction of sp³-hybridized carbons (Fsp3) is 0.250. The quantitative estimate of drug-likeness (QED) is 0.725. The van der Waals surface area contributed by atoms with E-state index in [1.54, 1.807) is 6.20 Å². The second kappa shape index (κ2) is 5.33.